The third kappa shape index (κ3) is 7.66. The first kappa shape index (κ1) is 53.5. The molecule has 10 heteroatoms. The highest BCUT2D eigenvalue weighted by atomic mass is 16.5. The average molecular weight is 1170 g/mol. The lowest BCUT2D eigenvalue weighted by Gasteiger charge is -2.50. The van der Waals surface area contributed by atoms with Gasteiger partial charge in [-0.05, 0) is 234 Å². The number of fused-ring (bicyclic) bond motifs is 14. The van der Waals surface area contributed by atoms with E-state index >= 15 is 0 Å². The quantitative estimate of drug-likeness (QED) is 0.154. The summed E-state index contributed by atoms with van der Waals surface area (Å²) in [5.41, 5.74) is 35.5. The third-order valence-electron chi connectivity index (χ3n) is 20.3. The molecular weight excluding hydrogens is 1110 g/mol. The lowest BCUT2D eigenvalue weighted by molar-refractivity contribution is 0.490. The molecule has 0 amide bonds. The fraction of sp³-hybridized carbons (Fsp3) is 0.111. The first-order valence-electron chi connectivity index (χ1n) is 32.0. The lowest BCUT2D eigenvalue weighted by atomic mass is 9.28. The van der Waals surface area contributed by atoms with E-state index in [9.17, 15) is 0 Å². The van der Waals surface area contributed by atoms with Crippen LogP contribution in [0.5, 0.6) is 23.0 Å². The monoisotopic (exact) mass is 1170 g/mol. The molecule has 0 saturated heterocycles. The van der Waals surface area contributed by atoms with Gasteiger partial charge in [0.25, 0.3) is 20.1 Å². The number of nitrogens with zero attached hydrogens (tertiary/aromatic N) is 5. The first-order chi connectivity index (χ1) is 44.4. The Balaban J connectivity index is 1.06. The summed E-state index contributed by atoms with van der Waals surface area (Å²) in [6, 6.07) is 84.1. The van der Waals surface area contributed by atoms with Crippen LogP contribution in [0.15, 0.2) is 224 Å². The standard InChI is InChI=1S/C81H64B3N5O2/c1-47-37-48(2)40-57(39-47)86-63-33-17-13-29-59(63)82-61-31-15-19-35-71(61)90-80-74(82)67(86)45-69-76(80)84-73-65(88(69)78-51(5)23-21-24-52(78)6)43-56(85(9)55-27-11-10-12-28-55)44-66(73)89(79-53(7)25-22-26-54(79)8)70-46-68-75-81(77(70)84)91-72-36-20-16-32-62(72)83(75)60-30-14-18-34-64(60)87(68)58-41-49(3)38-50(4)42-58/h10-46H,1-9H3. The molecule has 12 aromatic carbocycles. The van der Waals surface area contributed by atoms with Gasteiger partial charge in [0.05, 0.1) is 11.4 Å². The van der Waals surface area contributed by atoms with Gasteiger partial charge in [0.2, 0.25) is 0 Å². The third-order valence-corrected chi connectivity index (χ3v) is 20.3. The van der Waals surface area contributed by atoms with Crippen molar-refractivity contribution < 1.29 is 9.47 Å². The van der Waals surface area contributed by atoms with Crippen molar-refractivity contribution in [2.75, 3.05) is 31.5 Å². The Morgan fingerprint density at radius 1 is 0.286 bits per heavy atom. The van der Waals surface area contributed by atoms with Crippen molar-refractivity contribution in [2.45, 2.75) is 55.4 Å². The maximum Gasteiger partial charge on any atom is 0.261 e. The second-order valence-electron chi connectivity index (χ2n) is 26.1. The van der Waals surface area contributed by atoms with E-state index in [1.807, 2.05) is 0 Å². The Kier molecular flexibility index (Phi) is 11.6. The number of anilines is 14. The fourth-order valence-electron chi connectivity index (χ4n) is 16.8. The molecule has 0 spiro atoms. The van der Waals surface area contributed by atoms with Gasteiger partial charge in [-0.1, -0.05) is 140 Å². The Bertz CT molecular complexity index is 4790. The van der Waals surface area contributed by atoms with E-state index in [2.05, 4.69) is 311 Å². The van der Waals surface area contributed by atoms with Crippen molar-refractivity contribution in [3.05, 3.63) is 269 Å². The predicted molar refractivity (Wildman–Crippen MR) is 385 cm³/mol. The Labute approximate surface area is 534 Å². The minimum atomic E-state index is -0.441. The topological polar surface area (TPSA) is 34.7 Å². The van der Waals surface area contributed by atoms with Crippen LogP contribution < -0.4 is 83.1 Å². The van der Waals surface area contributed by atoms with Crippen LogP contribution in [-0.4, -0.2) is 27.2 Å². The molecule has 0 unspecified atom stereocenters. The second kappa shape index (κ2) is 19.7. The number of aryl methyl sites for hydroxylation is 8. The normalized spacial score (nSPS) is 13.8. The van der Waals surface area contributed by atoms with Gasteiger partial charge >= 0.3 is 0 Å². The minimum absolute atomic E-state index is 0.151. The Morgan fingerprint density at radius 2 is 0.637 bits per heavy atom. The molecule has 7 nitrogen and oxygen atoms in total. The summed E-state index contributed by atoms with van der Waals surface area (Å²) in [7, 11) is 2.22. The van der Waals surface area contributed by atoms with E-state index in [4.69, 9.17) is 9.47 Å². The van der Waals surface area contributed by atoms with Crippen LogP contribution in [0.25, 0.3) is 0 Å². The van der Waals surface area contributed by atoms with E-state index in [-0.39, 0.29) is 13.4 Å². The van der Waals surface area contributed by atoms with Gasteiger partial charge in [0, 0.05) is 75.3 Å². The first-order valence-corrected chi connectivity index (χ1v) is 32.0. The van der Waals surface area contributed by atoms with Gasteiger partial charge in [0.15, 0.2) is 0 Å². The molecule has 18 rings (SSSR count). The number of hydrogen-bond acceptors (Lipinski definition) is 7. The molecule has 0 aromatic heterocycles. The second-order valence-corrected chi connectivity index (χ2v) is 26.1. The van der Waals surface area contributed by atoms with E-state index < -0.39 is 6.71 Å². The van der Waals surface area contributed by atoms with Crippen LogP contribution in [0.3, 0.4) is 0 Å². The van der Waals surface area contributed by atoms with Crippen LogP contribution in [0.1, 0.15) is 44.5 Å². The van der Waals surface area contributed by atoms with E-state index in [0.29, 0.717) is 0 Å². The molecule has 6 aliphatic heterocycles. The van der Waals surface area contributed by atoms with Crippen LogP contribution >= 0.6 is 0 Å². The van der Waals surface area contributed by atoms with Gasteiger partial charge < -0.3 is 34.0 Å². The number of benzene rings is 12. The van der Waals surface area contributed by atoms with Crippen molar-refractivity contribution in [2.24, 2.45) is 0 Å². The van der Waals surface area contributed by atoms with Crippen LogP contribution in [0.2, 0.25) is 0 Å². The predicted octanol–water partition coefficient (Wildman–Crippen LogP) is 14.8. The van der Waals surface area contributed by atoms with Gasteiger partial charge in [-0.2, -0.15) is 0 Å². The summed E-state index contributed by atoms with van der Waals surface area (Å²) < 4.78 is 16.0. The molecular formula is C81H64B3N5O2. The summed E-state index contributed by atoms with van der Waals surface area (Å²) >= 11 is 0. The molecule has 0 N–H and O–H groups in total. The summed E-state index contributed by atoms with van der Waals surface area (Å²) in [6.07, 6.45) is 0. The maximum absolute atomic E-state index is 8.01. The summed E-state index contributed by atoms with van der Waals surface area (Å²) in [6.45, 7) is 17.3. The molecule has 0 saturated carbocycles. The van der Waals surface area contributed by atoms with Crippen LogP contribution in [0, 0.1) is 55.4 Å². The summed E-state index contributed by atoms with van der Waals surface area (Å²) in [4.78, 5) is 12.7. The average Bonchev–Trinajstić information content (AvgIpc) is 0.671. The molecule has 12 aromatic rings. The van der Waals surface area contributed by atoms with E-state index in [1.165, 1.54) is 60.9 Å². The summed E-state index contributed by atoms with van der Waals surface area (Å²) in [5, 5.41) is 0. The maximum atomic E-state index is 8.01. The SMILES string of the molecule is Cc1cc(C)cc(N2c3ccccc3B3c4ccccc4Oc4c3c2cc2c4B3c4c(cc(N(C)c5ccccc5)cc4N(c4c(C)cccc4C)c4cc5c6c(c43)Oc3ccccc3B6c3ccccc3N5c3cc(C)cc(C)c3)N2c2c(C)cccc2C)c1. The zero-order valence-electron chi connectivity index (χ0n) is 52.6. The highest BCUT2D eigenvalue weighted by Gasteiger charge is 2.55. The van der Waals surface area contributed by atoms with Crippen molar-refractivity contribution in [1.82, 2.24) is 0 Å². The molecule has 91 heavy (non-hydrogen) atoms. The Hall–Kier alpha value is -10.6. The van der Waals surface area contributed by atoms with Gasteiger partial charge in [0.1, 0.15) is 23.0 Å². The van der Waals surface area contributed by atoms with Gasteiger partial charge in [-0.3, -0.25) is 0 Å². The van der Waals surface area contributed by atoms with E-state index in [1.54, 1.807) is 0 Å². The molecule has 434 valence electrons. The number of ether oxygens (including phenoxy) is 2. The fourth-order valence-corrected chi connectivity index (χ4v) is 16.8. The van der Waals surface area contributed by atoms with Crippen LogP contribution in [-0.2, 0) is 0 Å². The molecule has 6 aliphatic rings. The highest BCUT2D eigenvalue weighted by molar-refractivity contribution is 7.05. The zero-order valence-corrected chi connectivity index (χ0v) is 52.6. The highest BCUT2D eigenvalue weighted by Crippen LogP contribution is 2.55. The molecule has 0 aliphatic carbocycles. The minimum Gasteiger partial charge on any atom is -0.459 e. The number of rotatable bonds is 6. The Morgan fingerprint density at radius 3 is 1.07 bits per heavy atom. The van der Waals surface area contributed by atoms with Crippen molar-refractivity contribution >= 4 is 149 Å². The zero-order chi connectivity index (χ0) is 61.4. The van der Waals surface area contributed by atoms with Gasteiger partial charge in [-0.15, -0.1) is 0 Å². The largest absolute Gasteiger partial charge is 0.459 e. The van der Waals surface area contributed by atoms with E-state index in [0.717, 1.165) is 135 Å². The smallest absolute Gasteiger partial charge is 0.261 e. The molecule has 0 radical (unpaired) electrons. The lowest BCUT2D eigenvalue weighted by Crippen LogP contribution is -2.67. The molecule has 0 atom stereocenters. The number of para-hydroxylation sites is 7. The molecule has 0 fully saturated rings. The van der Waals surface area contributed by atoms with Crippen molar-refractivity contribution in [3.63, 3.8) is 0 Å². The van der Waals surface area contributed by atoms with Crippen molar-refractivity contribution in [3.8, 4) is 23.0 Å². The molecule has 6 heterocycles. The van der Waals surface area contributed by atoms with Gasteiger partial charge in [-0.25, -0.2) is 0 Å². The van der Waals surface area contributed by atoms with Crippen LogP contribution in [0.4, 0.5) is 79.6 Å². The van der Waals surface area contributed by atoms with Crippen molar-refractivity contribution in [1.29, 1.82) is 0 Å². The molecule has 0 bridgehead atoms. The number of hydrogen-bond donors (Lipinski definition) is 0. The summed E-state index contributed by atoms with van der Waals surface area (Å²) in [5.74, 6) is 3.50.